The molecule has 0 saturated carbocycles. The van der Waals surface area contributed by atoms with Gasteiger partial charge in [0, 0.05) is 37.9 Å². The van der Waals surface area contributed by atoms with Gasteiger partial charge in [0.05, 0.1) is 13.2 Å². The molecule has 4 nitrogen and oxygen atoms in total. The number of halogens is 1. The number of nitrogens with zero attached hydrogens (tertiary/aromatic N) is 1. The van der Waals surface area contributed by atoms with Crippen LogP contribution in [0.2, 0.25) is 5.02 Å². The minimum Gasteiger partial charge on any atom is -0.382 e. The lowest BCUT2D eigenvalue weighted by molar-refractivity contribution is -0.127. The molecule has 1 aromatic carbocycles. The first-order valence-electron chi connectivity index (χ1n) is 7.99. The third-order valence-corrected chi connectivity index (χ3v) is 4.37. The van der Waals surface area contributed by atoms with E-state index in [2.05, 4.69) is 0 Å². The summed E-state index contributed by atoms with van der Waals surface area (Å²) in [6.45, 7) is 3.58. The predicted octanol–water partition coefficient (Wildman–Crippen LogP) is 3.25. The number of amides is 1. The maximum atomic E-state index is 12.2. The molecular formula is C18H24ClNO3. The van der Waals surface area contributed by atoms with Crippen molar-refractivity contribution in [2.24, 2.45) is 5.92 Å². The maximum Gasteiger partial charge on any atom is 0.246 e. The van der Waals surface area contributed by atoms with Crippen molar-refractivity contribution < 1.29 is 14.3 Å². The monoisotopic (exact) mass is 337 g/mol. The van der Waals surface area contributed by atoms with Crippen LogP contribution in [0, 0.1) is 5.92 Å². The van der Waals surface area contributed by atoms with Crippen LogP contribution in [0.25, 0.3) is 6.08 Å². The van der Waals surface area contributed by atoms with Crippen molar-refractivity contribution in [3.05, 3.63) is 40.9 Å². The third-order valence-electron chi connectivity index (χ3n) is 4.02. The number of benzene rings is 1. The molecule has 1 aromatic rings. The summed E-state index contributed by atoms with van der Waals surface area (Å²) in [6.07, 6.45) is 5.36. The van der Waals surface area contributed by atoms with Crippen molar-refractivity contribution in [2.45, 2.75) is 12.8 Å². The Hall–Kier alpha value is -1.36. The van der Waals surface area contributed by atoms with Gasteiger partial charge in [-0.2, -0.15) is 0 Å². The number of rotatable bonds is 7. The van der Waals surface area contributed by atoms with Gasteiger partial charge in [0.2, 0.25) is 5.91 Å². The van der Waals surface area contributed by atoms with Crippen LogP contribution in [0.4, 0.5) is 0 Å². The second kappa shape index (κ2) is 9.71. The molecule has 0 aliphatic carbocycles. The average Bonchev–Trinajstić information content (AvgIpc) is 2.58. The first-order valence-corrected chi connectivity index (χ1v) is 8.36. The highest BCUT2D eigenvalue weighted by atomic mass is 35.5. The van der Waals surface area contributed by atoms with Crippen LogP contribution in [-0.2, 0) is 14.3 Å². The molecule has 1 amide bonds. The average molecular weight is 338 g/mol. The molecule has 1 aliphatic heterocycles. The molecule has 0 radical (unpaired) electrons. The third kappa shape index (κ3) is 5.98. The molecule has 1 heterocycles. The van der Waals surface area contributed by atoms with Gasteiger partial charge in [-0.05, 0) is 36.5 Å². The smallest absolute Gasteiger partial charge is 0.246 e. The van der Waals surface area contributed by atoms with Crippen molar-refractivity contribution in [3.8, 4) is 0 Å². The highest BCUT2D eigenvalue weighted by Gasteiger charge is 2.21. The van der Waals surface area contributed by atoms with E-state index in [1.54, 1.807) is 19.3 Å². The second-order valence-electron chi connectivity index (χ2n) is 5.69. The Balaban J connectivity index is 1.74. The molecule has 1 aliphatic rings. The quantitative estimate of drug-likeness (QED) is 0.566. The molecule has 2 rings (SSSR count). The molecule has 0 bridgehead atoms. The van der Waals surface area contributed by atoms with Crippen LogP contribution >= 0.6 is 11.6 Å². The lowest BCUT2D eigenvalue weighted by atomic mass is 9.98. The van der Waals surface area contributed by atoms with E-state index >= 15 is 0 Å². The van der Waals surface area contributed by atoms with Gasteiger partial charge in [0.1, 0.15) is 0 Å². The molecule has 0 atom stereocenters. The minimum atomic E-state index is 0.0451. The zero-order valence-electron chi connectivity index (χ0n) is 13.5. The van der Waals surface area contributed by atoms with Crippen LogP contribution in [-0.4, -0.2) is 50.8 Å². The zero-order valence-corrected chi connectivity index (χ0v) is 14.3. The van der Waals surface area contributed by atoms with Gasteiger partial charge < -0.3 is 14.4 Å². The SMILES string of the molecule is COCCOCC1CCN(C(=O)/C=C/c2ccccc2Cl)CC1. The van der Waals surface area contributed by atoms with E-state index in [9.17, 15) is 4.79 Å². The van der Waals surface area contributed by atoms with Gasteiger partial charge in [-0.1, -0.05) is 29.8 Å². The molecule has 0 N–H and O–H groups in total. The van der Waals surface area contributed by atoms with Gasteiger partial charge in [-0.25, -0.2) is 0 Å². The summed E-state index contributed by atoms with van der Waals surface area (Å²) in [4.78, 5) is 14.1. The highest BCUT2D eigenvalue weighted by molar-refractivity contribution is 6.32. The number of methoxy groups -OCH3 is 1. The lowest BCUT2D eigenvalue weighted by Gasteiger charge is -2.31. The number of carbonyl (C=O) groups excluding carboxylic acids is 1. The van der Waals surface area contributed by atoms with E-state index in [4.69, 9.17) is 21.1 Å². The fraction of sp³-hybridized carbons (Fsp3) is 0.500. The van der Waals surface area contributed by atoms with Crippen LogP contribution in [0.5, 0.6) is 0 Å². The van der Waals surface area contributed by atoms with Gasteiger partial charge in [0.25, 0.3) is 0 Å². The second-order valence-corrected chi connectivity index (χ2v) is 6.10. The highest BCUT2D eigenvalue weighted by Crippen LogP contribution is 2.19. The Morgan fingerprint density at radius 1 is 1.30 bits per heavy atom. The Labute approximate surface area is 143 Å². The number of hydrogen-bond acceptors (Lipinski definition) is 3. The van der Waals surface area contributed by atoms with Crippen molar-refractivity contribution in [1.82, 2.24) is 4.90 Å². The summed E-state index contributed by atoms with van der Waals surface area (Å²) in [7, 11) is 1.67. The fourth-order valence-electron chi connectivity index (χ4n) is 2.59. The number of piperidine rings is 1. The molecular weight excluding hydrogens is 314 g/mol. The summed E-state index contributed by atoms with van der Waals surface area (Å²) in [5.41, 5.74) is 0.865. The molecule has 0 spiro atoms. The normalized spacial score (nSPS) is 16.2. The van der Waals surface area contributed by atoms with Gasteiger partial charge in [-0.15, -0.1) is 0 Å². The van der Waals surface area contributed by atoms with Gasteiger partial charge in [-0.3, -0.25) is 4.79 Å². The first-order chi connectivity index (χ1) is 11.2. The standard InChI is InChI=1S/C18H24ClNO3/c1-22-12-13-23-14-15-8-10-20(11-9-15)18(21)7-6-16-4-2-3-5-17(16)19/h2-7,15H,8-14H2,1H3/b7-6+. The van der Waals surface area contributed by atoms with E-state index in [-0.39, 0.29) is 5.91 Å². The van der Waals surface area contributed by atoms with Crippen LogP contribution in [0.3, 0.4) is 0 Å². The largest absolute Gasteiger partial charge is 0.382 e. The number of hydrogen-bond donors (Lipinski definition) is 0. The summed E-state index contributed by atoms with van der Waals surface area (Å²) in [5, 5.41) is 0.656. The van der Waals surface area contributed by atoms with Gasteiger partial charge in [0.15, 0.2) is 0 Å². The fourth-order valence-corrected chi connectivity index (χ4v) is 2.79. The summed E-state index contributed by atoms with van der Waals surface area (Å²) >= 11 is 6.08. The predicted molar refractivity (Wildman–Crippen MR) is 92.5 cm³/mol. The Morgan fingerprint density at radius 2 is 2.04 bits per heavy atom. The molecule has 126 valence electrons. The molecule has 0 unspecified atom stereocenters. The van der Waals surface area contributed by atoms with Crippen molar-refractivity contribution >= 4 is 23.6 Å². The van der Waals surface area contributed by atoms with Crippen molar-refractivity contribution in [2.75, 3.05) is 40.0 Å². The van der Waals surface area contributed by atoms with E-state index in [1.165, 1.54) is 0 Å². The summed E-state index contributed by atoms with van der Waals surface area (Å²) < 4.78 is 10.5. The topological polar surface area (TPSA) is 38.8 Å². The molecule has 1 saturated heterocycles. The van der Waals surface area contributed by atoms with E-state index in [0.717, 1.165) is 38.1 Å². The van der Waals surface area contributed by atoms with Crippen molar-refractivity contribution in [3.63, 3.8) is 0 Å². The van der Waals surface area contributed by atoms with Crippen LogP contribution < -0.4 is 0 Å². The lowest BCUT2D eigenvalue weighted by Crippen LogP contribution is -2.38. The Morgan fingerprint density at radius 3 is 2.74 bits per heavy atom. The number of carbonyl (C=O) groups is 1. The molecule has 1 fully saturated rings. The van der Waals surface area contributed by atoms with E-state index in [0.29, 0.717) is 24.2 Å². The van der Waals surface area contributed by atoms with Crippen LogP contribution in [0.1, 0.15) is 18.4 Å². The zero-order chi connectivity index (χ0) is 16.5. The summed E-state index contributed by atoms with van der Waals surface area (Å²) in [6, 6.07) is 7.50. The number of likely N-dealkylation sites (tertiary alicyclic amines) is 1. The molecule has 23 heavy (non-hydrogen) atoms. The molecule has 0 aromatic heterocycles. The molecule has 5 heteroatoms. The Kier molecular flexibility index (Phi) is 7.59. The van der Waals surface area contributed by atoms with Crippen LogP contribution in [0.15, 0.2) is 30.3 Å². The maximum absolute atomic E-state index is 12.2. The minimum absolute atomic E-state index is 0.0451. The van der Waals surface area contributed by atoms with Gasteiger partial charge >= 0.3 is 0 Å². The number of ether oxygens (including phenoxy) is 2. The van der Waals surface area contributed by atoms with E-state index in [1.807, 2.05) is 29.2 Å². The first kappa shape index (κ1) is 18.0. The Bertz CT molecular complexity index is 525. The van der Waals surface area contributed by atoms with Crippen molar-refractivity contribution in [1.29, 1.82) is 0 Å². The summed E-state index contributed by atoms with van der Waals surface area (Å²) in [5.74, 6) is 0.576. The van der Waals surface area contributed by atoms with E-state index < -0.39 is 0 Å².